The molecular weight excluding hydrogens is 278 g/mol. The van der Waals surface area contributed by atoms with Crippen LogP contribution in [0.5, 0.6) is 5.75 Å². The fraction of sp³-hybridized carbons (Fsp3) is 0.438. The Hall–Kier alpha value is -2.37. The highest BCUT2D eigenvalue weighted by Gasteiger charge is 2.23. The maximum absolute atomic E-state index is 6.00. The summed E-state index contributed by atoms with van der Waals surface area (Å²) in [7, 11) is 0. The van der Waals surface area contributed by atoms with Crippen LogP contribution in [0, 0.1) is 0 Å². The Balaban J connectivity index is 1.63. The Morgan fingerprint density at radius 3 is 2.68 bits per heavy atom. The molecule has 0 aliphatic carbocycles. The summed E-state index contributed by atoms with van der Waals surface area (Å²) in [6, 6.07) is 3.79. The highest BCUT2D eigenvalue weighted by Crippen LogP contribution is 2.24. The first kappa shape index (κ1) is 14.6. The van der Waals surface area contributed by atoms with E-state index in [0.29, 0.717) is 5.95 Å². The molecule has 22 heavy (non-hydrogen) atoms. The van der Waals surface area contributed by atoms with E-state index in [-0.39, 0.29) is 6.10 Å². The van der Waals surface area contributed by atoms with Crippen molar-refractivity contribution >= 4 is 11.8 Å². The summed E-state index contributed by atoms with van der Waals surface area (Å²) in [4.78, 5) is 14.8. The molecule has 6 heteroatoms. The smallest absolute Gasteiger partial charge is 0.221 e. The van der Waals surface area contributed by atoms with Gasteiger partial charge in [0.05, 0.1) is 0 Å². The van der Waals surface area contributed by atoms with Gasteiger partial charge in [-0.2, -0.15) is 4.98 Å². The van der Waals surface area contributed by atoms with E-state index >= 15 is 0 Å². The molecule has 3 heterocycles. The van der Waals surface area contributed by atoms with Crippen molar-refractivity contribution < 1.29 is 4.74 Å². The Labute approximate surface area is 130 Å². The molecule has 116 valence electrons. The molecule has 2 aromatic rings. The third-order valence-corrected chi connectivity index (χ3v) is 3.94. The van der Waals surface area contributed by atoms with Crippen molar-refractivity contribution in [3.8, 4) is 5.75 Å². The van der Waals surface area contributed by atoms with Gasteiger partial charge in [-0.3, -0.25) is 4.98 Å². The van der Waals surface area contributed by atoms with Crippen LogP contribution in [0.4, 0.5) is 11.8 Å². The van der Waals surface area contributed by atoms with Gasteiger partial charge in [-0.1, -0.05) is 6.92 Å². The van der Waals surface area contributed by atoms with Crippen molar-refractivity contribution in [3.05, 3.63) is 36.3 Å². The van der Waals surface area contributed by atoms with E-state index in [1.165, 1.54) is 0 Å². The van der Waals surface area contributed by atoms with Crippen LogP contribution < -0.4 is 15.4 Å². The minimum atomic E-state index is 0.239. The molecule has 0 aromatic carbocycles. The maximum atomic E-state index is 6.00. The SMILES string of the molecule is CCc1cnc(N)nc1N1CCC(Oc2ccncc2)CC1. The van der Waals surface area contributed by atoms with E-state index in [1.54, 1.807) is 12.4 Å². The highest BCUT2D eigenvalue weighted by molar-refractivity contribution is 5.49. The molecule has 0 amide bonds. The van der Waals surface area contributed by atoms with E-state index in [0.717, 1.165) is 49.5 Å². The van der Waals surface area contributed by atoms with Crippen molar-refractivity contribution in [2.75, 3.05) is 23.7 Å². The fourth-order valence-corrected chi connectivity index (χ4v) is 2.73. The van der Waals surface area contributed by atoms with Crippen LogP contribution in [-0.4, -0.2) is 34.1 Å². The second-order valence-electron chi connectivity index (χ2n) is 5.42. The summed E-state index contributed by atoms with van der Waals surface area (Å²) in [5, 5.41) is 0. The number of hydrogen-bond donors (Lipinski definition) is 1. The van der Waals surface area contributed by atoms with Crippen molar-refractivity contribution in [1.29, 1.82) is 0 Å². The van der Waals surface area contributed by atoms with E-state index in [4.69, 9.17) is 10.5 Å². The van der Waals surface area contributed by atoms with Crippen LogP contribution in [0.1, 0.15) is 25.3 Å². The molecule has 2 N–H and O–H groups in total. The fourth-order valence-electron chi connectivity index (χ4n) is 2.73. The molecule has 0 atom stereocenters. The van der Waals surface area contributed by atoms with E-state index in [1.807, 2.05) is 18.3 Å². The van der Waals surface area contributed by atoms with Gasteiger partial charge >= 0.3 is 0 Å². The number of nitrogens with two attached hydrogens (primary N) is 1. The minimum Gasteiger partial charge on any atom is -0.490 e. The summed E-state index contributed by atoms with van der Waals surface area (Å²) in [5.41, 5.74) is 6.88. The van der Waals surface area contributed by atoms with E-state index < -0.39 is 0 Å². The minimum absolute atomic E-state index is 0.239. The summed E-state index contributed by atoms with van der Waals surface area (Å²) >= 11 is 0. The number of nitrogens with zero attached hydrogens (tertiary/aromatic N) is 4. The first-order chi connectivity index (χ1) is 10.8. The number of aromatic nitrogens is 3. The molecule has 0 saturated carbocycles. The lowest BCUT2D eigenvalue weighted by molar-refractivity contribution is 0.170. The number of ether oxygens (including phenoxy) is 1. The summed E-state index contributed by atoms with van der Waals surface area (Å²) in [6.07, 6.45) is 8.41. The average molecular weight is 299 g/mol. The third kappa shape index (κ3) is 3.27. The van der Waals surface area contributed by atoms with E-state index in [9.17, 15) is 0 Å². The van der Waals surface area contributed by atoms with Crippen LogP contribution in [-0.2, 0) is 6.42 Å². The highest BCUT2D eigenvalue weighted by atomic mass is 16.5. The maximum Gasteiger partial charge on any atom is 0.221 e. The molecule has 0 unspecified atom stereocenters. The van der Waals surface area contributed by atoms with E-state index in [2.05, 4.69) is 26.8 Å². The van der Waals surface area contributed by atoms with Gasteiger partial charge in [-0.15, -0.1) is 0 Å². The average Bonchev–Trinajstić information content (AvgIpc) is 2.56. The molecule has 0 radical (unpaired) electrons. The zero-order valence-corrected chi connectivity index (χ0v) is 12.8. The summed E-state index contributed by atoms with van der Waals surface area (Å²) in [5.74, 6) is 2.19. The van der Waals surface area contributed by atoms with Crippen molar-refractivity contribution in [2.45, 2.75) is 32.3 Å². The molecule has 0 bridgehead atoms. The normalized spacial score (nSPS) is 15.8. The molecule has 1 aliphatic rings. The van der Waals surface area contributed by atoms with Gasteiger partial charge in [0.25, 0.3) is 0 Å². The molecule has 6 nitrogen and oxygen atoms in total. The van der Waals surface area contributed by atoms with Gasteiger partial charge < -0.3 is 15.4 Å². The largest absolute Gasteiger partial charge is 0.490 e. The predicted octanol–water partition coefficient (Wildman–Crippen LogP) is 2.06. The van der Waals surface area contributed by atoms with Crippen molar-refractivity contribution in [3.63, 3.8) is 0 Å². The van der Waals surface area contributed by atoms with Gasteiger partial charge in [0.1, 0.15) is 17.7 Å². The lowest BCUT2D eigenvalue weighted by atomic mass is 10.1. The first-order valence-electron chi connectivity index (χ1n) is 7.69. The Bertz CT molecular complexity index is 611. The quantitative estimate of drug-likeness (QED) is 0.931. The molecular formula is C16H21N5O. The molecule has 1 aliphatic heterocycles. The van der Waals surface area contributed by atoms with Crippen LogP contribution in [0.25, 0.3) is 0 Å². The Morgan fingerprint density at radius 1 is 1.27 bits per heavy atom. The molecule has 1 saturated heterocycles. The second-order valence-corrected chi connectivity index (χ2v) is 5.42. The number of rotatable bonds is 4. The number of aryl methyl sites for hydroxylation is 1. The molecule has 1 fully saturated rings. The lowest BCUT2D eigenvalue weighted by Crippen LogP contribution is -2.39. The van der Waals surface area contributed by atoms with Gasteiger partial charge in [0, 0.05) is 50.1 Å². The number of hydrogen-bond acceptors (Lipinski definition) is 6. The lowest BCUT2D eigenvalue weighted by Gasteiger charge is -2.33. The predicted molar refractivity (Wildman–Crippen MR) is 85.9 cm³/mol. The zero-order chi connectivity index (χ0) is 15.4. The van der Waals surface area contributed by atoms with Gasteiger partial charge in [-0.25, -0.2) is 4.98 Å². The molecule has 3 rings (SSSR count). The third-order valence-electron chi connectivity index (χ3n) is 3.94. The summed E-state index contributed by atoms with van der Waals surface area (Å²) in [6.45, 7) is 3.94. The number of nitrogen functional groups attached to an aromatic ring is 1. The van der Waals surface area contributed by atoms with Gasteiger partial charge in [-0.05, 0) is 18.6 Å². The Kier molecular flexibility index (Phi) is 4.37. The number of anilines is 2. The number of piperidine rings is 1. The van der Waals surface area contributed by atoms with Crippen LogP contribution >= 0.6 is 0 Å². The van der Waals surface area contributed by atoms with Crippen molar-refractivity contribution in [2.24, 2.45) is 0 Å². The zero-order valence-electron chi connectivity index (χ0n) is 12.8. The second kappa shape index (κ2) is 6.60. The first-order valence-corrected chi connectivity index (χ1v) is 7.69. The van der Waals surface area contributed by atoms with Crippen molar-refractivity contribution in [1.82, 2.24) is 15.0 Å². The van der Waals surface area contributed by atoms with Gasteiger partial charge in [0.2, 0.25) is 5.95 Å². The monoisotopic (exact) mass is 299 g/mol. The summed E-state index contributed by atoms with van der Waals surface area (Å²) < 4.78 is 6.00. The topological polar surface area (TPSA) is 77.2 Å². The van der Waals surface area contributed by atoms with Crippen LogP contribution in [0.2, 0.25) is 0 Å². The van der Waals surface area contributed by atoms with Crippen LogP contribution in [0.15, 0.2) is 30.7 Å². The molecule has 2 aromatic heterocycles. The molecule has 0 spiro atoms. The number of pyridine rings is 1. The van der Waals surface area contributed by atoms with Crippen LogP contribution in [0.3, 0.4) is 0 Å². The standard InChI is InChI=1S/C16H21N5O/c1-2-12-11-19-16(17)20-15(12)21-9-5-14(6-10-21)22-13-3-7-18-8-4-13/h3-4,7-8,11,14H,2,5-6,9-10H2,1H3,(H2,17,19,20). The van der Waals surface area contributed by atoms with Gasteiger partial charge in [0.15, 0.2) is 0 Å². The Morgan fingerprint density at radius 2 is 2.00 bits per heavy atom.